The zero-order valence-electron chi connectivity index (χ0n) is 15.9. The fraction of sp³-hybridized carbons (Fsp3) is 0.0833. The number of carbonyl (C=O) groups is 1. The van der Waals surface area contributed by atoms with Crippen molar-refractivity contribution in [1.29, 1.82) is 5.26 Å². The van der Waals surface area contributed by atoms with Crippen LogP contribution in [0.25, 0.3) is 6.08 Å². The van der Waals surface area contributed by atoms with Crippen LogP contribution in [0, 0.1) is 18.3 Å². The molecular formula is C24H19ClN2O2. The Morgan fingerprint density at radius 3 is 2.59 bits per heavy atom. The third-order valence-electron chi connectivity index (χ3n) is 4.27. The van der Waals surface area contributed by atoms with Crippen molar-refractivity contribution in [3.8, 4) is 11.8 Å². The van der Waals surface area contributed by atoms with Crippen LogP contribution in [-0.2, 0) is 11.4 Å². The van der Waals surface area contributed by atoms with E-state index in [-0.39, 0.29) is 5.57 Å². The fourth-order valence-corrected chi connectivity index (χ4v) is 2.86. The van der Waals surface area contributed by atoms with Gasteiger partial charge in [-0.25, -0.2) is 0 Å². The van der Waals surface area contributed by atoms with Crippen molar-refractivity contribution in [3.63, 3.8) is 0 Å². The van der Waals surface area contributed by atoms with Gasteiger partial charge < -0.3 is 10.1 Å². The summed E-state index contributed by atoms with van der Waals surface area (Å²) >= 11 is 6.00. The Bertz CT molecular complexity index is 1090. The fourth-order valence-electron chi connectivity index (χ4n) is 2.69. The highest BCUT2D eigenvalue weighted by molar-refractivity contribution is 6.31. The first-order chi connectivity index (χ1) is 14.1. The van der Waals surface area contributed by atoms with Gasteiger partial charge in [-0.05, 0) is 42.3 Å². The zero-order chi connectivity index (χ0) is 20.6. The van der Waals surface area contributed by atoms with E-state index in [0.29, 0.717) is 28.6 Å². The first-order valence-electron chi connectivity index (χ1n) is 9.02. The molecule has 0 aliphatic carbocycles. The van der Waals surface area contributed by atoms with Gasteiger partial charge in [0.2, 0.25) is 0 Å². The van der Waals surface area contributed by atoms with Gasteiger partial charge in [0.1, 0.15) is 24.0 Å². The van der Waals surface area contributed by atoms with E-state index in [0.717, 1.165) is 11.1 Å². The summed E-state index contributed by atoms with van der Waals surface area (Å²) < 4.78 is 5.90. The molecule has 3 aromatic carbocycles. The van der Waals surface area contributed by atoms with Crippen molar-refractivity contribution in [2.45, 2.75) is 13.5 Å². The number of para-hydroxylation sites is 1. The molecular weight excluding hydrogens is 384 g/mol. The van der Waals surface area contributed by atoms with Crippen LogP contribution in [0.2, 0.25) is 5.02 Å². The number of rotatable bonds is 6. The lowest BCUT2D eigenvalue weighted by molar-refractivity contribution is -0.112. The molecule has 0 aliphatic heterocycles. The summed E-state index contributed by atoms with van der Waals surface area (Å²) in [6.07, 6.45) is 1.52. The highest BCUT2D eigenvalue weighted by atomic mass is 35.5. The lowest BCUT2D eigenvalue weighted by Gasteiger charge is -2.11. The summed E-state index contributed by atoms with van der Waals surface area (Å²) in [6, 6.07) is 24.2. The number of amides is 1. The van der Waals surface area contributed by atoms with E-state index in [1.165, 1.54) is 6.08 Å². The molecule has 0 atom stereocenters. The molecule has 29 heavy (non-hydrogen) atoms. The van der Waals surface area contributed by atoms with Crippen LogP contribution in [0.5, 0.6) is 5.75 Å². The van der Waals surface area contributed by atoms with Crippen molar-refractivity contribution in [2.75, 3.05) is 5.32 Å². The molecule has 0 aromatic heterocycles. The number of anilines is 1. The third-order valence-corrected chi connectivity index (χ3v) is 4.50. The number of hydrogen-bond donors (Lipinski definition) is 1. The van der Waals surface area contributed by atoms with Crippen LogP contribution in [0.3, 0.4) is 0 Å². The summed E-state index contributed by atoms with van der Waals surface area (Å²) in [4.78, 5) is 12.6. The Morgan fingerprint density at radius 1 is 1.10 bits per heavy atom. The molecule has 3 aromatic rings. The molecule has 1 amide bonds. The highest BCUT2D eigenvalue weighted by Gasteiger charge is 2.13. The predicted molar refractivity (Wildman–Crippen MR) is 116 cm³/mol. The number of nitriles is 1. The van der Waals surface area contributed by atoms with Gasteiger partial charge in [-0.1, -0.05) is 66.2 Å². The quantitative estimate of drug-likeness (QED) is 0.420. The molecule has 0 radical (unpaired) electrons. The molecule has 0 fully saturated rings. The number of nitrogens with one attached hydrogen (secondary N) is 1. The number of halogens is 1. The van der Waals surface area contributed by atoms with Crippen LogP contribution in [0.4, 0.5) is 5.69 Å². The Balaban J connectivity index is 1.81. The average Bonchev–Trinajstić information content (AvgIpc) is 2.74. The SMILES string of the molecule is Cc1ccc(Cl)cc1NC(=O)/C(C#N)=C/c1ccccc1OCc1ccccc1. The van der Waals surface area contributed by atoms with Crippen molar-refractivity contribution in [2.24, 2.45) is 0 Å². The predicted octanol–water partition coefficient (Wildman–Crippen LogP) is 5.77. The zero-order valence-corrected chi connectivity index (χ0v) is 16.6. The van der Waals surface area contributed by atoms with E-state index in [2.05, 4.69) is 5.32 Å². The Hall–Kier alpha value is -3.55. The van der Waals surface area contributed by atoms with Crippen LogP contribution in [0.1, 0.15) is 16.7 Å². The second kappa shape index (κ2) is 9.59. The highest BCUT2D eigenvalue weighted by Crippen LogP contribution is 2.24. The number of ether oxygens (including phenoxy) is 1. The lowest BCUT2D eigenvalue weighted by Crippen LogP contribution is -2.14. The van der Waals surface area contributed by atoms with Crippen LogP contribution >= 0.6 is 11.6 Å². The summed E-state index contributed by atoms with van der Waals surface area (Å²) in [6.45, 7) is 2.25. The minimum absolute atomic E-state index is 0.0277. The van der Waals surface area contributed by atoms with Gasteiger partial charge in [0.25, 0.3) is 5.91 Å². The van der Waals surface area contributed by atoms with E-state index in [4.69, 9.17) is 16.3 Å². The van der Waals surface area contributed by atoms with Gasteiger partial charge in [-0.15, -0.1) is 0 Å². The van der Waals surface area contributed by atoms with E-state index in [1.54, 1.807) is 24.3 Å². The van der Waals surface area contributed by atoms with Gasteiger partial charge in [0.05, 0.1) is 0 Å². The maximum atomic E-state index is 12.6. The minimum Gasteiger partial charge on any atom is -0.488 e. The molecule has 1 N–H and O–H groups in total. The molecule has 3 rings (SSSR count). The first-order valence-corrected chi connectivity index (χ1v) is 9.39. The number of carbonyl (C=O) groups excluding carboxylic acids is 1. The van der Waals surface area contributed by atoms with Crippen molar-refractivity contribution in [1.82, 2.24) is 0 Å². The number of aryl methyl sites for hydroxylation is 1. The smallest absolute Gasteiger partial charge is 0.266 e. The molecule has 144 valence electrons. The molecule has 0 saturated heterocycles. The van der Waals surface area contributed by atoms with Crippen molar-refractivity contribution in [3.05, 3.63) is 100 Å². The maximum absolute atomic E-state index is 12.6. The molecule has 0 unspecified atom stereocenters. The molecule has 5 heteroatoms. The topological polar surface area (TPSA) is 62.1 Å². The van der Waals surface area contributed by atoms with Crippen LogP contribution in [-0.4, -0.2) is 5.91 Å². The van der Waals surface area contributed by atoms with Gasteiger partial charge in [-0.2, -0.15) is 5.26 Å². The van der Waals surface area contributed by atoms with Gasteiger partial charge in [0.15, 0.2) is 0 Å². The molecule has 0 saturated carbocycles. The standard InChI is InChI=1S/C24H19ClN2O2/c1-17-11-12-21(25)14-22(17)27-24(28)20(15-26)13-19-9-5-6-10-23(19)29-16-18-7-3-2-4-8-18/h2-14H,16H2,1H3,(H,27,28)/b20-13+. The summed E-state index contributed by atoms with van der Waals surface area (Å²) in [5, 5.41) is 12.8. The van der Waals surface area contributed by atoms with E-state index in [9.17, 15) is 10.1 Å². The second-order valence-corrected chi connectivity index (χ2v) is 6.83. The largest absolute Gasteiger partial charge is 0.488 e. The molecule has 4 nitrogen and oxygen atoms in total. The van der Waals surface area contributed by atoms with E-state index < -0.39 is 5.91 Å². The van der Waals surface area contributed by atoms with Gasteiger partial charge in [0, 0.05) is 16.3 Å². The summed E-state index contributed by atoms with van der Waals surface area (Å²) in [5.41, 5.74) is 3.07. The second-order valence-electron chi connectivity index (χ2n) is 6.40. The number of hydrogen-bond acceptors (Lipinski definition) is 3. The third kappa shape index (κ3) is 5.47. The van der Waals surface area contributed by atoms with Gasteiger partial charge >= 0.3 is 0 Å². The van der Waals surface area contributed by atoms with Crippen molar-refractivity contribution >= 4 is 29.3 Å². The molecule has 0 heterocycles. The molecule has 0 bridgehead atoms. The Labute approximate surface area is 175 Å². The van der Waals surface area contributed by atoms with Gasteiger partial charge in [-0.3, -0.25) is 4.79 Å². The normalized spacial score (nSPS) is 10.9. The number of benzene rings is 3. The van der Waals surface area contributed by atoms with E-state index >= 15 is 0 Å². The van der Waals surface area contributed by atoms with Crippen molar-refractivity contribution < 1.29 is 9.53 Å². The minimum atomic E-state index is -0.504. The number of nitrogens with zero attached hydrogens (tertiary/aromatic N) is 1. The maximum Gasteiger partial charge on any atom is 0.266 e. The lowest BCUT2D eigenvalue weighted by atomic mass is 10.1. The Morgan fingerprint density at radius 2 is 1.83 bits per heavy atom. The summed E-state index contributed by atoms with van der Waals surface area (Å²) in [7, 11) is 0. The van der Waals surface area contributed by atoms with Crippen LogP contribution < -0.4 is 10.1 Å². The molecule has 0 aliphatic rings. The molecule has 0 spiro atoms. The monoisotopic (exact) mass is 402 g/mol. The summed E-state index contributed by atoms with van der Waals surface area (Å²) in [5.74, 6) is 0.0894. The average molecular weight is 403 g/mol. The van der Waals surface area contributed by atoms with Crippen LogP contribution in [0.15, 0.2) is 78.4 Å². The first kappa shape index (κ1) is 20.2. The van der Waals surface area contributed by atoms with E-state index in [1.807, 2.05) is 61.5 Å². The Kier molecular flexibility index (Phi) is 6.67.